The Kier molecular flexibility index (Phi) is 6.64. The average molecular weight is 408 g/mol. The van der Waals surface area contributed by atoms with Crippen molar-refractivity contribution in [2.24, 2.45) is 5.92 Å². The van der Waals surface area contributed by atoms with Crippen molar-refractivity contribution in [2.45, 2.75) is 81.9 Å². The predicted molar refractivity (Wildman–Crippen MR) is 110 cm³/mol. The summed E-state index contributed by atoms with van der Waals surface area (Å²) < 4.78 is 11.2. The highest BCUT2D eigenvalue weighted by atomic mass is 16.5. The molecule has 2 aliphatic heterocycles. The fourth-order valence-electron chi connectivity index (χ4n) is 5.44. The van der Waals surface area contributed by atoms with Gasteiger partial charge in [-0.15, -0.1) is 0 Å². The molecule has 1 spiro atoms. The number of β-lactam (4-membered cyclic amide) rings is 1. The maximum Gasteiger partial charge on any atom is 0.317 e. The number of piperidine rings is 1. The summed E-state index contributed by atoms with van der Waals surface area (Å²) in [4.78, 5) is 29.5. The Hall–Kier alpha value is -1.34. The standard InChI is InChI=1S/C22H37N3O4/c1-28-15-5-12-23-21(27)24-13-8-18(9-14-24)25-20(26)19(29-16-17-6-7-17)22(25)10-3-2-4-11-22/h17-19H,2-16H2,1H3,(H,23,27). The number of carbonyl (C=O) groups is 2. The molecule has 0 aromatic rings. The zero-order valence-corrected chi connectivity index (χ0v) is 17.9. The number of likely N-dealkylation sites (tertiary alicyclic amines) is 2. The summed E-state index contributed by atoms with van der Waals surface area (Å²) in [5, 5.41) is 2.97. The van der Waals surface area contributed by atoms with Gasteiger partial charge in [0.15, 0.2) is 6.10 Å². The molecule has 0 bridgehead atoms. The van der Waals surface area contributed by atoms with E-state index >= 15 is 0 Å². The maximum atomic E-state index is 13.1. The zero-order valence-electron chi connectivity index (χ0n) is 17.9. The molecular formula is C22H37N3O4. The molecule has 0 aromatic heterocycles. The van der Waals surface area contributed by atoms with E-state index in [1.165, 1.54) is 32.1 Å². The summed E-state index contributed by atoms with van der Waals surface area (Å²) in [6.07, 6.45) is 10.7. The van der Waals surface area contributed by atoms with Gasteiger partial charge < -0.3 is 24.6 Å². The third-order valence-electron chi connectivity index (χ3n) is 7.26. The number of nitrogens with one attached hydrogen (secondary N) is 1. The molecule has 0 radical (unpaired) electrons. The van der Waals surface area contributed by atoms with E-state index in [0.717, 1.165) is 38.7 Å². The quantitative estimate of drug-likeness (QED) is 0.496. The normalized spacial score (nSPS) is 27.2. The Morgan fingerprint density at radius 1 is 1.14 bits per heavy atom. The van der Waals surface area contributed by atoms with Crippen LogP contribution in [0.3, 0.4) is 0 Å². The second kappa shape index (κ2) is 9.21. The number of rotatable bonds is 8. The molecule has 2 aliphatic carbocycles. The first-order chi connectivity index (χ1) is 14.2. The zero-order chi connectivity index (χ0) is 20.3. The Labute approximate surface area is 174 Å². The van der Waals surface area contributed by atoms with Crippen LogP contribution in [-0.4, -0.2) is 79.4 Å². The highest BCUT2D eigenvalue weighted by Gasteiger charge is 2.62. The topological polar surface area (TPSA) is 71.1 Å². The first-order valence-corrected chi connectivity index (χ1v) is 11.6. The highest BCUT2D eigenvalue weighted by Crippen LogP contribution is 2.48. The molecule has 1 atom stereocenters. The first kappa shape index (κ1) is 20.9. The van der Waals surface area contributed by atoms with E-state index in [-0.39, 0.29) is 29.6 Å². The van der Waals surface area contributed by atoms with Crippen molar-refractivity contribution in [3.8, 4) is 0 Å². The molecule has 2 heterocycles. The lowest BCUT2D eigenvalue weighted by Gasteiger charge is -2.62. The maximum absolute atomic E-state index is 13.1. The van der Waals surface area contributed by atoms with E-state index in [9.17, 15) is 9.59 Å². The molecule has 1 N–H and O–H groups in total. The summed E-state index contributed by atoms with van der Waals surface area (Å²) in [5.74, 6) is 0.887. The largest absolute Gasteiger partial charge is 0.385 e. The summed E-state index contributed by atoms with van der Waals surface area (Å²) in [6, 6.07) is 0.256. The Balaban J connectivity index is 1.31. The Morgan fingerprint density at radius 2 is 1.86 bits per heavy atom. The molecular weight excluding hydrogens is 370 g/mol. The molecule has 4 aliphatic rings. The molecule has 0 aromatic carbocycles. The van der Waals surface area contributed by atoms with Crippen molar-refractivity contribution in [3.05, 3.63) is 0 Å². The van der Waals surface area contributed by atoms with Crippen molar-refractivity contribution in [1.82, 2.24) is 15.1 Å². The van der Waals surface area contributed by atoms with Gasteiger partial charge in [0, 0.05) is 39.4 Å². The number of methoxy groups -OCH3 is 1. The van der Waals surface area contributed by atoms with Gasteiger partial charge >= 0.3 is 6.03 Å². The second-order valence-corrected chi connectivity index (χ2v) is 9.33. The molecule has 7 nitrogen and oxygen atoms in total. The van der Waals surface area contributed by atoms with Crippen molar-refractivity contribution >= 4 is 11.9 Å². The van der Waals surface area contributed by atoms with Gasteiger partial charge in [-0.3, -0.25) is 4.79 Å². The lowest BCUT2D eigenvalue weighted by atomic mass is 9.68. The monoisotopic (exact) mass is 407 g/mol. The fraction of sp³-hybridized carbons (Fsp3) is 0.909. The number of nitrogens with zero attached hydrogens (tertiary/aromatic N) is 2. The molecule has 7 heteroatoms. The van der Waals surface area contributed by atoms with Crippen LogP contribution in [0.2, 0.25) is 0 Å². The number of ether oxygens (including phenoxy) is 2. The van der Waals surface area contributed by atoms with Crippen LogP contribution < -0.4 is 5.32 Å². The van der Waals surface area contributed by atoms with Gasteiger partial charge in [-0.05, 0) is 50.9 Å². The molecule has 2 saturated heterocycles. The van der Waals surface area contributed by atoms with Crippen LogP contribution in [0, 0.1) is 5.92 Å². The van der Waals surface area contributed by atoms with Crippen molar-refractivity contribution < 1.29 is 19.1 Å². The molecule has 2 saturated carbocycles. The number of urea groups is 1. The van der Waals surface area contributed by atoms with Crippen LogP contribution in [0.5, 0.6) is 0 Å². The summed E-state index contributed by atoms with van der Waals surface area (Å²) in [6.45, 7) is 3.49. The molecule has 164 valence electrons. The lowest BCUT2D eigenvalue weighted by Crippen LogP contribution is -2.78. The van der Waals surface area contributed by atoms with Crippen LogP contribution in [0.1, 0.15) is 64.2 Å². The molecule has 29 heavy (non-hydrogen) atoms. The number of hydrogen-bond donors (Lipinski definition) is 1. The number of hydrogen-bond acceptors (Lipinski definition) is 4. The van der Waals surface area contributed by atoms with E-state index in [1.54, 1.807) is 7.11 Å². The Bertz CT molecular complexity index is 581. The van der Waals surface area contributed by atoms with Crippen LogP contribution in [0.25, 0.3) is 0 Å². The third kappa shape index (κ3) is 4.41. The van der Waals surface area contributed by atoms with E-state index in [0.29, 0.717) is 32.2 Å². The van der Waals surface area contributed by atoms with Gasteiger partial charge in [-0.1, -0.05) is 19.3 Å². The van der Waals surface area contributed by atoms with Gasteiger partial charge in [0.25, 0.3) is 5.91 Å². The predicted octanol–water partition coefficient (Wildman–Crippen LogP) is 2.54. The van der Waals surface area contributed by atoms with Crippen LogP contribution in [-0.2, 0) is 14.3 Å². The third-order valence-corrected chi connectivity index (χ3v) is 7.26. The minimum absolute atomic E-state index is 0.00696. The Morgan fingerprint density at radius 3 is 2.52 bits per heavy atom. The minimum Gasteiger partial charge on any atom is -0.385 e. The van der Waals surface area contributed by atoms with Gasteiger partial charge in [-0.25, -0.2) is 4.79 Å². The number of carbonyl (C=O) groups excluding carboxylic acids is 2. The minimum atomic E-state index is -0.217. The number of amides is 3. The van der Waals surface area contributed by atoms with E-state index in [2.05, 4.69) is 10.2 Å². The first-order valence-electron chi connectivity index (χ1n) is 11.6. The van der Waals surface area contributed by atoms with Gasteiger partial charge in [0.05, 0.1) is 12.1 Å². The van der Waals surface area contributed by atoms with Crippen LogP contribution in [0.4, 0.5) is 4.79 Å². The van der Waals surface area contributed by atoms with E-state index < -0.39 is 0 Å². The molecule has 1 unspecified atom stereocenters. The molecule has 4 rings (SSSR count). The molecule has 3 amide bonds. The van der Waals surface area contributed by atoms with E-state index in [1.807, 2.05) is 4.90 Å². The van der Waals surface area contributed by atoms with Gasteiger partial charge in [0.1, 0.15) is 0 Å². The summed E-state index contributed by atoms with van der Waals surface area (Å²) in [5.41, 5.74) is -0.0700. The van der Waals surface area contributed by atoms with Crippen molar-refractivity contribution in [2.75, 3.05) is 40.0 Å². The summed E-state index contributed by atoms with van der Waals surface area (Å²) in [7, 11) is 1.67. The van der Waals surface area contributed by atoms with Gasteiger partial charge in [-0.2, -0.15) is 0 Å². The van der Waals surface area contributed by atoms with Crippen LogP contribution >= 0.6 is 0 Å². The smallest absolute Gasteiger partial charge is 0.317 e. The summed E-state index contributed by atoms with van der Waals surface area (Å²) >= 11 is 0. The van der Waals surface area contributed by atoms with Gasteiger partial charge in [0.2, 0.25) is 0 Å². The highest BCUT2D eigenvalue weighted by molar-refractivity contribution is 5.91. The SMILES string of the molecule is COCCCNC(=O)N1CCC(N2C(=O)C(OCC3CC3)C23CCCCC3)CC1. The van der Waals surface area contributed by atoms with E-state index in [4.69, 9.17) is 9.47 Å². The van der Waals surface area contributed by atoms with Crippen LogP contribution in [0.15, 0.2) is 0 Å². The lowest BCUT2D eigenvalue weighted by molar-refractivity contribution is -0.211. The van der Waals surface area contributed by atoms with Crippen molar-refractivity contribution in [3.63, 3.8) is 0 Å². The second-order valence-electron chi connectivity index (χ2n) is 9.33. The fourth-order valence-corrected chi connectivity index (χ4v) is 5.44. The van der Waals surface area contributed by atoms with Crippen molar-refractivity contribution in [1.29, 1.82) is 0 Å². The molecule has 4 fully saturated rings. The average Bonchev–Trinajstić information content (AvgIpc) is 3.57.